The Morgan fingerprint density at radius 1 is 1.00 bits per heavy atom. The van der Waals surface area contributed by atoms with E-state index in [-0.39, 0.29) is 12.5 Å². The molecule has 0 atom stereocenters. The molecule has 3 aromatic carbocycles. The number of thioether (sulfide) groups is 1. The van der Waals surface area contributed by atoms with Crippen LogP contribution in [0.2, 0.25) is 10.0 Å². The van der Waals surface area contributed by atoms with E-state index < -0.39 is 0 Å². The molecule has 0 aliphatic heterocycles. The molecule has 0 spiro atoms. The Balaban J connectivity index is 1.57. The number of fused-ring (bicyclic) bond motifs is 1. The third kappa shape index (κ3) is 4.75. The monoisotopic (exact) mass is 441 g/mol. The van der Waals surface area contributed by atoms with Crippen molar-refractivity contribution in [1.82, 2.24) is 9.55 Å². The van der Waals surface area contributed by atoms with Crippen molar-refractivity contribution in [2.75, 3.05) is 5.32 Å². The van der Waals surface area contributed by atoms with Crippen molar-refractivity contribution in [2.24, 2.45) is 0 Å². The Morgan fingerprint density at radius 3 is 2.55 bits per heavy atom. The summed E-state index contributed by atoms with van der Waals surface area (Å²) in [6.07, 6.45) is 0. The average molecular weight is 442 g/mol. The van der Waals surface area contributed by atoms with E-state index in [4.69, 9.17) is 28.2 Å². The largest absolute Gasteiger partial charge is 0.323 e. The summed E-state index contributed by atoms with van der Waals surface area (Å²) in [5.74, 6) is 1.33. The average Bonchev–Trinajstić information content (AvgIpc) is 3.07. The van der Waals surface area contributed by atoms with Crippen LogP contribution in [-0.4, -0.2) is 15.5 Å². The van der Waals surface area contributed by atoms with Gasteiger partial charge in [0.1, 0.15) is 12.4 Å². The number of para-hydroxylation sites is 2. The smallest absolute Gasteiger partial charge is 0.244 e. The lowest BCUT2D eigenvalue weighted by Gasteiger charge is -2.11. The molecule has 4 rings (SSSR count). The van der Waals surface area contributed by atoms with Gasteiger partial charge in [-0.05, 0) is 42.5 Å². The number of rotatable bonds is 6. The standard InChI is InChI=1S/C22H17Cl2N3OS/c23-15-10-11-18(17(24)12-15)26-22(28)13-27-20-9-5-4-8-19(20)25-21(27)14-29-16-6-2-1-3-7-16/h1-12H,13-14H2,(H,26,28). The molecule has 1 heterocycles. The van der Waals surface area contributed by atoms with Crippen LogP contribution in [0.25, 0.3) is 11.0 Å². The minimum absolute atomic E-state index is 0.143. The van der Waals surface area contributed by atoms with E-state index in [1.165, 1.54) is 0 Å². The third-order valence-electron chi connectivity index (χ3n) is 4.35. The normalized spacial score (nSPS) is 11.0. The van der Waals surface area contributed by atoms with Crippen LogP contribution in [0.15, 0.2) is 77.7 Å². The second kappa shape index (κ2) is 8.91. The lowest BCUT2D eigenvalue weighted by Crippen LogP contribution is -2.20. The Morgan fingerprint density at radius 2 is 1.76 bits per heavy atom. The second-order valence-corrected chi connectivity index (χ2v) is 8.27. The Hall–Kier alpha value is -2.47. The number of nitrogens with zero attached hydrogens (tertiary/aromatic N) is 2. The van der Waals surface area contributed by atoms with Gasteiger partial charge in [0.05, 0.1) is 27.5 Å². The fourth-order valence-corrected chi connectivity index (χ4v) is 4.32. The molecule has 0 saturated carbocycles. The summed E-state index contributed by atoms with van der Waals surface area (Å²) < 4.78 is 1.95. The van der Waals surface area contributed by atoms with Crippen LogP contribution in [0.1, 0.15) is 5.82 Å². The first-order valence-electron chi connectivity index (χ1n) is 8.97. The van der Waals surface area contributed by atoms with Crippen molar-refractivity contribution in [2.45, 2.75) is 17.2 Å². The van der Waals surface area contributed by atoms with Crippen molar-refractivity contribution < 1.29 is 4.79 Å². The van der Waals surface area contributed by atoms with Gasteiger partial charge in [0, 0.05) is 9.92 Å². The molecule has 1 aromatic heterocycles. The SMILES string of the molecule is O=C(Cn1c(CSc2ccccc2)nc2ccccc21)Nc1ccc(Cl)cc1Cl. The van der Waals surface area contributed by atoms with Crippen LogP contribution in [-0.2, 0) is 17.1 Å². The van der Waals surface area contributed by atoms with Crippen LogP contribution in [0.5, 0.6) is 0 Å². The molecule has 4 aromatic rings. The lowest BCUT2D eigenvalue weighted by atomic mass is 10.3. The molecule has 0 unspecified atom stereocenters. The molecular weight excluding hydrogens is 425 g/mol. The van der Waals surface area contributed by atoms with Gasteiger partial charge in [0.2, 0.25) is 5.91 Å². The summed E-state index contributed by atoms with van der Waals surface area (Å²) in [5, 5.41) is 3.78. The lowest BCUT2D eigenvalue weighted by molar-refractivity contribution is -0.116. The van der Waals surface area contributed by atoms with Gasteiger partial charge in [0.15, 0.2) is 0 Å². The second-order valence-electron chi connectivity index (χ2n) is 6.38. The van der Waals surface area contributed by atoms with Gasteiger partial charge in [-0.15, -0.1) is 11.8 Å². The van der Waals surface area contributed by atoms with Gasteiger partial charge in [0.25, 0.3) is 0 Å². The number of hydrogen-bond acceptors (Lipinski definition) is 3. The molecule has 0 aliphatic rings. The number of amides is 1. The van der Waals surface area contributed by atoms with Crippen molar-refractivity contribution in [3.05, 3.63) is 88.7 Å². The van der Waals surface area contributed by atoms with E-state index in [1.807, 2.05) is 47.0 Å². The zero-order valence-corrected chi connectivity index (χ0v) is 17.6. The number of aromatic nitrogens is 2. The molecule has 0 radical (unpaired) electrons. The molecule has 0 bridgehead atoms. The summed E-state index contributed by atoms with van der Waals surface area (Å²) >= 11 is 13.8. The zero-order chi connectivity index (χ0) is 20.2. The fraction of sp³-hybridized carbons (Fsp3) is 0.0909. The van der Waals surface area contributed by atoms with E-state index >= 15 is 0 Å². The van der Waals surface area contributed by atoms with Crippen molar-refractivity contribution in [1.29, 1.82) is 0 Å². The molecule has 0 saturated heterocycles. The van der Waals surface area contributed by atoms with E-state index in [1.54, 1.807) is 30.0 Å². The predicted octanol–water partition coefficient (Wildman–Crippen LogP) is 6.27. The fourth-order valence-electron chi connectivity index (χ4n) is 3.00. The summed E-state index contributed by atoms with van der Waals surface area (Å²) in [4.78, 5) is 18.6. The van der Waals surface area contributed by atoms with E-state index in [0.717, 1.165) is 21.8 Å². The van der Waals surface area contributed by atoms with Gasteiger partial charge >= 0.3 is 0 Å². The minimum Gasteiger partial charge on any atom is -0.323 e. The number of halogens is 2. The number of nitrogens with one attached hydrogen (secondary N) is 1. The first-order valence-corrected chi connectivity index (χ1v) is 10.7. The summed E-state index contributed by atoms with van der Waals surface area (Å²) in [5.41, 5.74) is 2.33. The summed E-state index contributed by atoms with van der Waals surface area (Å²) in [6.45, 7) is 0.143. The molecule has 0 fully saturated rings. The van der Waals surface area contributed by atoms with Crippen LogP contribution < -0.4 is 5.32 Å². The zero-order valence-electron chi connectivity index (χ0n) is 15.3. The highest BCUT2D eigenvalue weighted by atomic mass is 35.5. The number of anilines is 1. The first-order chi connectivity index (χ1) is 14.1. The quantitative estimate of drug-likeness (QED) is 0.358. The van der Waals surface area contributed by atoms with Gasteiger partial charge < -0.3 is 9.88 Å². The Kier molecular flexibility index (Phi) is 6.09. The molecule has 29 heavy (non-hydrogen) atoms. The van der Waals surface area contributed by atoms with E-state index in [9.17, 15) is 4.79 Å². The van der Waals surface area contributed by atoms with Crippen molar-refractivity contribution >= 4 is 57.6 Å². The number of carbonyl (C=O) groups is 1. The molecule has 146 valence electrons. The number of hydrogen-bond donors (Lipinski definition) is 1. The molecular formula is C22H17Cl2N3OS. The number of carbonyl (C=O) groups excluding carboxylic acids is 1. The van der Waals surface area contributed by atoms with Gasteiger partial charge in [-0.3, -0.25) is 4.79 Å². The van der Waals surface area contributed by atoms with Gasteiger partial charge in [-0.1, -0.05) is 53.5 Å². The maximum atomic E-state index is 12.7. The first kappa shape index (κ1) is 19.8. The van der Waals surface area contributed by atoms with Gasteiger partial charge in [-0.25, -0.2) is 4.98 Å². The predicted molar refractivity (Wildman–Crippen MR) is 121 cm³/mol. The molecule has 7 heteroatoms. The summed E-state index contributed by atoms with van der Waals surface area (Å²) in [6, 6.07) is 22.9. The molecule has 0 aliphatic carbocycles. The van der Waals surface area contributed by atoms with Crippen LogP contribution >= 0.6 is 35.0 Å². The minimum atomic E-state index is -0.177. The maximum absolute atomic E-state index is 12.7. The third-order valence-corrected chi connectivity index (χ3v) is 5.91. The highest BCUT2D eigenvalue weighted by Crippen LogP contribution is 2.27. The van der Waals surface area contributed by atoms with Crippen LogP contribution in [0, 0.1) is 0 Å². The van der Waals surface area contributed by atoms with Crippen molar-refractivity contribution in [3.63, 3.8) is 0 Å². The molecule has 1 amide bonds. The number of benzene rings is 3. The van der Waals surface area contributed by atoms with Crippen LogP contribution in [0.3, 0.4) is 0 Å². The number of imidazole rings is 1. The summed E-state index contributed by atoms with van der Waals surface area (Å²) in [7, 11) is 0. The Bertz CT molecular complexity index is 1160. The maximum Gasteiger partial charge on any atom is 0.244 e. The van der Waals surface area contributed by atoms with Crippen LogP contribution in [0.4, 0.5) is 5.69 Å². The highest BCUT2D eigenvalue weighted by molar-refractivity contribution is 7.98. The van der Waals surface area contributed by atoms with Crippen molar-refractivity contribution in [3.8, 4) is 0 Å². The molecule has 1 N–H and O–H groups in total. The molecule has 4 nitrogen and oxygen atoms in total. The van der Waals surface area contributed by atoms with Gasteiger partial charge in [-0.2, -0.15) is 0 Å². The Labute approximate surface area is 182 Å². The van der Waals surface area contributed by atoms with E-state index in [0.29, 0.717) is 21.5 Å². The van der Waals surface area contributed by atoms with E-state index in [2.05, 4.69) is 17.4 Å². The topological polar surface area (TPSA) is 46.9 Å². The highest BCUT2D eigenvalue weighted by Gasteiger charge is 2.15.